The fraction of sp³-hybridized carbons (Fsp3) is 0.400. The number of hydrogen-bond donors (Lipinski definition) is 0. The first-order valence-corrected chi connectivity index (χ1v) is 13.1. The molecule has 192 valence electrons. The number of ether oxygens (including phenoxy) is 3. The Balaban J connectivity index is 1.53. The summed E-state index contributed by atoms with van der Waals surface area (Å²) in [6, 6.07) is 9.66. The van der Waals surface area contributed by atoms with Gasteiger partial charge < -0.3 is 19.1 Å². The minimum Gasteiger partial charge on any atom is -0.497 e. The second kappa shape index (κ2) is 10.2. The second-order valence-electron chi connectivity index (χ2n) is 8.72. The van der Waals surface area contributed by atoms with Gasteiger partial charge in [0.1, 0.15) is 17.6 Å². The number of carbonyl (C=O) groups excluding carboxylic acids is 3. The molecule has 2 aromatic carbocycles. The topological polar surface area (TPSA) is 120 Å². The Bertz CT molecular complexity index is 1310. The molecular formula is C25H28N2O8S. The maximum atomic E-state index is 12.7. The molecule has 2 heterocycles. The first kappa shape index (κ1) is 25.5. The lowest BCUT2D eigenvalue weighted by Gasteiger charge is -2.24. The number of ketones is 1. The first-order chi connectivity index (χ1) is 17.1. The molecular weight excluding hydrogens is 488 g/mol. The zero-order valence-electron chi connectivity index (χ0n) is 20.4. The summed E-state index contributed by atoms with van der Waals surface area (Å²) in [5.41, 5.74) is 1.23. The van der Waals surface area contributed by atoms with Crippen molar-refractivity contribution in [1.82, 2.24) is 4.90 Å². The van der Waals surface area contributed by atoms with E-state index in [2.05, 4.69) is 0 Å². The molecule has 36 heavy (non-hydrogen) atoms. The molecule has 2 aliphatic heterocycles. The van der Waals surface area contributed by atoms with Crippen molar-refractivity contribution in [1.29, 1.82) is 0 Å². The van der Waals surface area contributed by atoms with Crippen molar-refractivity contribution >= 4 is 33.3 Å². The molecule has 11 heteroatoms. The number of carbonyl (C=O) groups is 3. The van der Waals surface area contributed by atoms with Gasteiger partial charge in [0.2, 0.25) is 5.91 Å². The van der Waals surface area contributed by atoms with Gasteiger partial charge >= 0.3 is 6.09 Å². The largest absolute Gasteiger partial charge is 0.497 e. The number of hydrogen-bond acceptors (Lipinski definition) is 8. The van der Waals surface area contributed by atoms with E-state index < -0.39 is 22.0 Å². The van der Waals surface area contributed by atoms with Gasteiger partial charge in [0, 0.05) is 42.8 Å². The fourth-order valence-electron chi connectivity index (χ4n) is 4.40. The molecule has 2 amide bonds. The smallest absolute Gasteiger partial charge is 0.414 e. The van der Waals surface area contributed by atoms with Crippen molar-refractivity contribution in [2.24, 2.45) is 0 Å². The van der Waals surface area contributed by atoms with Crippen LogP contribution in [0.15, 0.2) is 41.3 Å². The minimum absolute atomic E-state index is 0.0595. The lowest BCUT2D eigenvalue weighted by atomic mass is 10.1. The van der Waals surface area contributed by atoms with Crippen LogP contribution in [0.1, 0.15) is 35.7 Å². The number of benzene rings is 2. The van der Waals surface area contributed by atoms with E-state index >= 15 is 0 Å². The van der Waals surface area contributed by atoms with Crippen LogP contribution in [-0.2, 0) is 25.9 Å². The monoisotopic (exact) mass is 516 g/mol. The maximum Gasteiger partial charge on any atom is 0.414 e. The molecule has 4 rings (SSSR count). The number of Topliss-reactive ketones (excluding diaryl/α,β-unsaturated/α-hetero) is 1. The zero-order valence-corrected chi connectivity index (χ0v) is 21.2. The SMILES string of the molecule is COc1ccc(CN(CC2CN(c3ccc4c(c3)S(=O)(=O)CCCC4=O)C(=O)O2)C(C)=O)c(OC)c1. The van der Waals surface area contributed by atoms with E-state index in [9.17, 15) is 22.8 Å². The second-order valence-corrected chi connectivity index (χ2v) is 10.8. The van der Waals surface area contributed by atoms with E-state index in [1.807, 2.05) is 0 Å². The highest BCUT2D eigenvalue weighted by molar-refractivity contribution is 7.91. The Kier molecular flexibility index (Phi) is 7.21. The highest BCUT2D eigenvalue weighted by Gasteiger charge is 2.36. The third-order valence-corrected chi connectivity index (χ3v) is 8.16. The molecule has 1 unspecified atom stereocenters. The summed E-state index contributed by atoms with van der Waals surface area (Å²) >= 11 is 0. The summed E-state index contributed by atoms with van der Waals surface area (Å²) < 4.78 is 41.5. The average molecular weight is 517 g/mol. The van der Waals surface area contributed by atoms with Gasteiger partial charge in [0.15, 0.2) is 15.6 Å². The van der Waals surface area contributed by atoms with Crippen molar-refractivity contribution in [3.8, 4) is 11.5 Å². The lowest BCUT2D eigenvalue weighted by Crippen LogP contribution is -2.37. The number of fused-ring (bicyclic) bond motifs is 1. The van der Waals surface area contributed by atoms with Crippen LogP contribution in [0.25, 0.3) is 0 Å². The van der Waals surface area contributed by atoms with Crippen LogP contribution in [0.3, 0.4) is 0 Å². The van der Waals surface area contributed by atoms with Crippen LogP contribution in [0.2, 0.25) is 0 Å². The highest BCUT2D eigenvalue weighted by atomic mass is 32.2. The van der Waals surface area contributed by atoms with Gasteiger partial charge in [0.25, 0.3) is 0 Å². The molecule has 10 nitrogen and oxygen atoms in total. The van der Waals surface area contributed by atoms with Crippen molar-refractivity contribution < 1.29 is 37.0 Å². The number of sulfone groups is 1. The van der Waals surface area contributed by atoms with Crippen LogP contribution < -0.4 is 14.4 Å². The number of rotatable bonds is 7. The third kappa shape index (κ3) is 5.15. The molecule has 1 saturated heterocycles. The lowest BCUT2D eigenvalue weighted by molar-refractivity contribution is -0.130. The zero-order chi connectivity index (χ0) is 26.0. The van der Waals surface area contributed by atoms with E-state index in [-0.39, 0.29) is 60.4 Å². The number of methoxy groups -OCH3 is 2. The summed E-state index contributed by atoms with van der Waals surface area (Å²) in [5, 5.41) is 0. The standard InChI is InChI=1S/C25H28N2O8S/c1-16(28)26(13-17-6-8-19(33-2)12-23(17)34-3)14-20-15-27(25(30)35-20)18-7-9-21-22(29)5-4-10-36(31,32)24(21)11-18/h6-9,11-12,20H,4-5,10,13-15H2,1-3H3. The number of nitrogens with zero attached hydrogens (tertiary/aromatic N) is 2. The van der Waals surface area contributed by atoms with Gasteiger partial charge in [-0.2, -0.15) is 0 Å². The van der Waals surface area contributed by atoms with Crippen molar-refractivity contribution in [2.45, 2.75) is 37.3 Å². The molecule has 0 radical (unpaired) electrons. The number of amides is 2. The summed E-state index contributed by atoms with van der Waals surface area (Å²) in [7, 11) is -0.566. The summed E-state index contributed by atoms with van der Waals surface area (Å²) in [5.74, 6) is 0.619. The summed E-state index contributed by atoms with van der Waals surface area (Å²) in [4.78, 5) is 40.2. The third-order valence-electron chi connectivity index (χ3n) is 6.33. The molecule has 0 spiro atoms. The summed E-state index contributed by atoms with van der Waals surface area (Å²) in [6.07, 6.45) is -0.858. The molecule has 2 aromatic rings. The van der Waals surface area contributed by atoms with Crippen LogP contribution >= 0.6 is 0 Å². The number of anilines is 1. The Hall–Kier alpha value is -3.60. The minimum atomic E-state index is -3.64. The van der Waals surface area contributed by atoms with Gasteiger partial charge in [-0.05, 0) is 36.8 Å². The van der Waals surface area contributed by atoms with E-state index in [0.717, 1.165) is 5.56 Å². The molecule has 1 fully saturated rings. The van der Waals surface area contributed by atoms with Gasteiger partial charge in [-0.1, -0.05) is 0 Å². The van der Waals surface area contributed by atoms with Gasteiger partial charge in [-0.25, -0.2) is 13.2 Å². The fourth-order valence-corrected chi connectivity index (χ4v) is 5.96. The number of cyclic esters (lactones) is 1. The Morgan fingerprint density at radius 2 is 1.92 bits per heavy atom. The van der Waals surface area contributed by atoms with E-state index in [1.165, 1.54) is 31.1 Å². The van der Waals surface area contributed by atoms with E-state index in [0.29, 0.717) is 17.2 Å². The Morgan fingerprint density at radius 3 is 2.61 bits per heavy atom. The molecule has 0 aromatic heterocycles. The molecule has 1 atom stereocenters. The maximum absolute atomic E-state index is 12.7. The van der Waals surface area contributed by atoms with Gasteiger partial charge in [-0.15, -0.1) is 0 Å². The molecule has 0 saturated carbocycles. The average Bonchev–Trinajstić information content (AvgIpc) is 3.17. The van der Waals surface area contributed by atoms with Crippen molar-refractivity contribution in [3.63, 3.8) is 0 Å². The van der Waals surface area contributed by atoms with Crippen LogP contribution in [0, 0.1) is 0 Å². The Labute approximate surface area is 209 Å². The predicted octanol–water partition coefficient (Wildman–Crippen LogP) is 2.83. The van der Waals surface area contributed by atoms with Gasteiger partial charge in [0.05, 0.1) is 38.0 Å². The van der Waals surface area contributed by atoms with E-state index in [4.69, 9.17) is 14.2 Å². The normalized spacial score (nSPS) is 18.8. The van der Waals surface area contributed by atoms with Gasteiger partial charge in [-0.3, -0.25) is 14.5 Å². The molecule has 2 aliphatic rings. The molecule has 0 N–H and O–H groups in total. The molecule has 0 aliphatic carbocycles. The van der Waals surface area contributed by atoms with Crippen LogP contribution in [-0.4, -0.2) is 70.3 Å². The first-order valence-electron chi connectivity index (χ1n) is 11.5. The van der Waals surface area contributed by atoms with Crippen molar-refractivity contribution in [2.75, 3.05) is 38.0 Å². The highest BCUT2D eigenvalue weighted by Crippen LogP contribution is 2.31. The van der Waals surface area contributed by atoms with Crippen molar-refractivity contribution in [3.05, 3.63) is 47.5 Å². The van der Waals surface area contributed by atoms with Crippen LogP contribution in [0.5, 0.6) is 11.5 Å². The van der Waals surface area contributed by atoms with E-state index in [1.54, 1.807) is 36.3 Å². The summed E-state index contributed by atoms with van der Waals surface area (Å²) in [6.45, 7) is 1.91. The van der Waals surface area contributed by atoms with Crippen LogP contribution in [0.4, 0.5) is 10.5 Å². The quantitative estimate of drug-likeness (QED) is 0.551. The predicted molar refractivity (Wildman–Crippen MR) is 130 cm³/mol. The Morgan fingerprint density at radius 1 is 1.14 bits per heavy atom. The molecule has 0 bridgehead atoms.